The first kappa shape index (κ1) is 24.3. The van der Waals surface area contributed by atoms with Gasteiger partial charge < -0.3 is 19.2 Å². The van der Waals surface area contributed by atoms with Crippen LogP contribution in [0.3, 0.4) is 0 Å². The molecule has 0 aliphatic carbocycles. The number of aromatic nitrogens is 3. The highest BCUT2D eigenvalue weighted by Crippen LogP contribution is 2.35. The lowest BCUT2D eigenvalue weighted by Gasteiger charge is -2.07. The third-order valence-electron chi connectivity index (χ3n) is 4.53. The minimum Gasteiger partial charge on any atom is -0.431 e. The number of nitriles is 2. The number of nitrogens with one attached hydrogen (secondary N) is 1. The molecule has 35 heavy (non-hydrogen) atoms. The number of halogens is 4. The predicted molar refractivity (Wildman–Crippen MR) is 119 cm³/mol. The van der Waals surface area contributed by atoms with Gasteiger partial charge in [-0.05, 0) is 36.2 Å². The molecule has 178 valence electrons. The van der Waals surface area contributed by atoms with Crippen molar-refractivity contribution < 1.29 is 27.4 Å². The summed E-state index contributed by atoms with van der Waals surface area (Å²) in [5.41, 5.74) is 1.38. The smallest absolute Gasteiger partial charge is 0.431 e. The Labute approximate surface area is 205 Å². The minimum atomic E-state index is -4.78. The maximum Gasteiger partial charge on any atom is 0.573 e. The molecular formula is C22H13ClF3N5O3S. The second kappa shape index (κ2) is 10.2. The topological polar surface area (TPSA) is 117 Å². The molecule has 4 rings (SSSR count). The van der Waals surface area contributed by atoms with Gasteiger partial charge >= 0.3 is 6.36 Å². The molecule has 0 radical (unpaired) electrons. The lowest BCUT2D eigenvalue weighted by Crippen LogP contribution is -2.16. The molecule has 1 N–H and O–H groups in total. The number of rotatable bonds is 8. The highest BCUT2D eigenvalue weighted by molar-refractivity contribution is 7.20. The van der Waals surface area contributed by atoms with Crippen molar-refractivity contribution in [2.45, 2.75) is 19.4 Å². The number of ether oxygens (including phenoxy) is 3. The van der Waals surface area contributed by atoms with Gasteiger partial charge in [0.1, 0.15) is 36.1 Å². The van der Waals surface area contributed by atoms with Crippen molar-refractivity contribution in [1.29, 1.82) is 10.5 Å². The Balaban J connectivity index is 1.34. The van der Waals surface area contributed by atoms with Crippen LogP contribution in [0.4, 0.5) is 13.2 Å². The normalized spacial score (nSPS) is 11.3. The summed E-state index contributed by atoms with van der Waals surface area (Å²) in [5.74, 6) is 0.452. The Morgan fingerprint density at radius 1 is 1.06 bits per heavy atom. The maximum atomic E-state index is 12.4. The highest BCUT2D eigenvalue weighted by atomic mass is 35.5. The van der Waals surface area contributed by atoms with Gasteiger partial charge in [-0.3, -0.25) is 0 Å². The Morgan fingerprint density at radius 2 is 1.86 bits per heavy atom. The van der Waals surface area contributed by atoms with Crippen molar-refractivity contribution >= 4 is 33.2 Å². The first-order valence-corrected chi connectivity index (χ1v) is 11.0. The summed E-state index contributed by atoms with van der Waals surface area (Å²) in [6, 6.07) is 12.6. The predicted octanol–water partition coefficient (Wildman–Crippen LogP) is 5.87. The summed E-state index contributed by atoms with van der Waals surface area (Å²) in [5, 5.41) is 18.5. The Bertz CT molecular complexity index is 1420. The molecule has 0 atom stereocenters. The summed E-state index contributed by atoms with van der Waals surface area (Å²) < 4.78 is 52.9. The van der Waals surface area contributed by atoms with E-state index in [2.05, 4.69) is 19.7 Å². The number of alkyl halides is 3. The van der Waals surface area contributed by atoms with E-state index in [-0.39, 0.29) is 28.9 Å². The average molecular weight is 520 g/mol. The second-order valence-electron chi connectivity index (χ2n) is 6.95. The molecule has 2 aromatic carbocycles. The van der Waals surface area contributed by atoms with Gasteiger partial charge in [0.05, 0.1) is 16.8 Å². The summed E-state index contributed by atoms with van der Waals surface area (Å²) in [6.07, 6.45) is -4.29. The fourth-order valence-corrected chi connectivity index (χ4v) is 4.15. The highest BCUT2D eigenvalue weighted by Gasteiger charge is 2.31. The van der Waals surface area contributed by atoms with Gasteiger partial charge in [0, 0.05) is 11.1 Å². The quantitative estimate of drug-likeness (QED) is 0.289. The second-order valence-corrected chi connectivity index (χ2v) is 8.35. The lowest BCUT2D eigenvalue weighted by atomic mass is 10.1. The van der Waals surface area contributed by atoms with E-state index in [4.69, 9.17) is 31.6 Å². The molecule has 0 aliphatic heterocycles. The van der Waals surface area contributed by atoms with Gasteiger partial charge in [0.2, 0.25) is 0 Å². The van der Waals surface area contributed by atoms with Crippen LogP contribution in [-0.4, -0.2) is 27.9 Å². The van der Waals surface area contributed by atoms with Crippen LogP contribution in [0, 0.1) is 22.7 Å². The summed E-state index contributed by atoms with van der Waals surface area (Å²) >= 11 is 7.42. The average Bonchev–Trinajstić information content (AvgIpc) is 3.39. The Kier molecular flexibility index (Phi) is 7.07. The van der Waals surface area contributed by atoms with Crippen LogP contribution >= 0.6 is 22.9 Å². The Morgan fingerprint density at radius 3 is 2.54 bits per heavy atom. The zero-order chi connectivity index (χ0) is 25.0. The number of fused-ring (bicyclic) bond motifs is 1. The minimum absolute atomic E-state index is 0.0212. The number of aromatic amines is 1. The molecule has 0 saturated heterocycles. The van der Waals surface area contributed by atoms with Crippen LogP contribution in [0.15, 0.2) is 36.4 Å². The molecule has 0 aliphatic rings. The van der Waals surface area contributed by atoms with Gasteiger partial charge in [-0.15, -0.1) is 13.2 Å². The monoisotopic (exact) mass is 519 g/mol. The standard InChI is InChI=1S/C22H13ClF3N5O3S/c23-15-7-13(33-21-31-16-4-3-14(8-19(16)35-21)34-22(24,25)26)2-1-12(15)5-6-32-11-20-29-17(9-27)18(10-28)30-20/h1-4,7-8H,5-6,11H2,(H,29,30). The van der Waals surface area contributed by atoms with Crippen LogP contribution < -0.4 is 9.47 Å². The molecule has 0 fully saturated rings. The molecule has 0 unspecified atom stereocenters. The molecule has 0 bridgehead atoms. The van der Waals surface area contributed by atoms with Crippen molar-refractivity contribution in [3.63, 3.8) is 0 Å². The molecule has 13 heteroatoms. The van der Waals surface area contributed by atoms with Crippen LogP contribution in [0.5, 0.6) is 16.7 Å². The number of hydrogen-bond acceptors (Lipinski definition) is 8. The molecule has 2 aromatic heterocycles. The molecule has 4 aromatic rings. The number of H-pyrrole nitrogens is 1. The largest absolute Gasteiger partial charge is 0.573 e. The maximum absolute atomic E-state index is 12.4. The van der Waals surface area contributed by atoms with Gasteiger partial charge in [0.25, 0.3) is 5.19 Å². The zero-order valence-corrected chi connectivity index (χ0v) is 19.1. The molecule has 2 heterocycles. The first-order valence-electron chi connectivity index (χ1n) is 9.83. The lowest BCUT2D eigenvalue weighted by molar-refractivity contribution is -0.274. The number of thiazole rings is 1. The zero-order valence-electron chi connectivity index (χ0n) is 17.5. The van der Waals surface area contributed by atoms with Crippen LogP contribution in [0.2, 0.25) is 5.02 Å². The number of benzene rings is 2. The van der Waals surface area contributed by atoms with Crippen LogP contribution in [0.1, 0.15) is 22.8 Å². The van der Waals surface area contributed by atoms with Crippen molar-refractivity contribution in [1.82, 2.24) is 15.0 Å². The van der Waals surface area contributed by atoms with E-state index in [1.165, 1.54) is 18.2 Å². The van der Waals surface area contributed by atoms with E-state index < -0.39 is 6.36 Å². The van der Waals surface area contributed by atoms with E-state index in [1.807, 2.05) is 12.1 Å². The van der Waals surface area contributed by atoms with Gasteiger partial charge in [-0.1, -0.05) is 29.0 Å². The molecule has 0 amide bonds. The van der Waals surface area contributed by atoms with Crippen molar-refractivity contribution in [3.05, 3.63) is 64.2 Å². The Hall–Kier alpha value is -3.84. The molecular weight excluding hydrogens is 507 g/mol. The summed E-state index contributed by atoms with van der Waals surface area (Å²) in [4.78, 5) is 11.0. The summed E-state index contributed by atoms with van der Waals surface area (Å²) in [7, 11) is 0. The van der Waals surface area contributed by atoms with Crippen molar-refractivity contribution in [2.24, 2.45) is 0 Å². The van der Waals surface area contributed by atoms with E-state index in [9.17, 15) is 13.2 Å². The first-order chi connectivity index (χ1) is 16.7. The van der Waals surface area contributed by atoms with Crippen LogP contribution in [0.25, 0.3) is 10.2 Å². The third kappa shape index (κ3) is 6.19. The summed E-state index contributed by atoms with van der Waals surface area (Å²) in [6.45, 7) is 0.410. The van der Waals surface area contributed by atoms with E-state index >= 15 is 0 Å². The van der Waals surface area contributed by atoms with Crippen molar-refractivity contribution in [3.8, 4) is 28.8 Å². The van der Waals surface area contributed by atoms with E-state index in [0.717, 1.165) is 16.9 Å². The van der Waals surface area contributed by atoms with Gasteiger partial charge in [-0.25, -0.2) is 9.97 Å². The van der Waals surface area contributed by atoms with E-state index in [1.54, 1.807) is 18.2 Å². The fraction of sp³-hybridized carbons (Fsp3) is 0.182. The SMILES string of the molecule is N#Cc1nc(COCCc2ccc(Oc3nc4ccc(OC(F)(F)F)cc4s3)cc2Cl)[nH]c1C#N. The molecule has 0 saturated carbocycles. The van der Waals surface area contributed by atoms with E-state index in [0.29, 0.717) is 39.8 Å². The van der Waals surface area contributed by atoms with Crippen molar-refractivity contribution in [2.75, 3.05) is 6.61 Å². The third-order valence-corrected chi connectivity index (χ3v) is 5.78. The van der Waals surface area contributed by atoms with Crippen LogP contribution in [-0.2, 0) is 17.8 Å². The number of nitrogens with zero attached hydrogens (tertiary/aromatic N) is 4. The molecule has 0 spiro atoms. The van der Waals surface area contributed by atoms with Gasteiger partial charge in [-0.2, -0.15) is 10.5 Å². The molecule has 8 nitrogen and oxygen atoms in total. The van der Waals surface area contributed by atoms with Gasteiger partial charge in [0.15, 0.2) is 11.4 Å². The fourth-order valence-electron chi connectivity index (χ4n) is 3.02. The number of hydrogen-bond donors (Lipinski definition) is 1. The number of imidazole rings is 1.